The zero-order valence-electron chi connectivity index (χ0n) is 10.6. The van der Waals surface area contributed by atoms with Gasteiger partial charge in [-0.2, -0.15) is 0 Å². The average Bonchev–Trinajstić information content (AvgIpc) is 2.34. The van der Waals surface area contributed by atoms with Gasteiger partial charge in [0.25, 0.3) is 0 Å². The highest BCUT2D eigenvalue weighted by Crippen LogP contribution is 2.35. The molecule has 0 amide bonds. The van der Waals surface area contributed by atoms with Crippen molar-refractivity contribution in [1.82, 2.24) is 0 Å². The largest absolute Gasteiger partial charge is 0.382 e. The minimum Gasteiger partial charge on any atom is -0.382 e. The molecule has 1 aromatic rings. The molecule has 1 aromatic carbocycles. The lowest BCUT2D eigenvalue weighted by molar-refractivity contribution is -0.383. The molecule has 0 bridgehead atoms. The maximum atomic E-state index is 11.2. The number of nitrogens with one attached hydrogen (secondary N) is 1. The van der Waals surface area contributed by atoms with Crippen LogP contribution in [0, 0.1) is 10.1 Å². The standard InChI is InChI=1S/C12H19N3O2/c1-4-9-14(5-2)11-8-6-7-10(13-3)12(11)15(16)17/h6-8,13H,4-5,9H2,1-3H3. The highest BCUT2D eigenvalue weighted by molar-refractivity contribution is 5.76. The lowest BCUT2D eigenvalue weighted by atomic mass is 10.2. The fourth-order valence-electron chi connectivity index (χ4n) is 1.90. The molecular formula is C12H19N3O2. The van der Waals surface area contributed by atoms with Crippen LogP contribution in [0.15, 0.2) is 18.2 Å². The first-order chi connectivity index (χ1) is 8.15. The van der Waals surface area contributed by atoms with E-state index in [4.69, 9.17) is 0 Å². The summed E-state index contributed by atoms with van der Waals surface area (Å²) in [6, 6.07) is 5.37. The van der Waals surface area contributed by atoms with Gasteiger partial charge in [0.05, 0.1) is 4.92 Å². The van der Waals surface area contributed by atoms with Gasteiger partial charge in [0.15, 0.2) is 0 Å². The molecule has 0 aliphatic carbocycles. The van der Waals surface area contributed by atoms with Crippen LogP contribution in [0.5, 0.6) is 0 Å². The number of nitro groups is 1. The van der Waals surface area contributed by atoms with Crippen molar-refractivity contribution in [3.8, 4) is 0 Å². The Morgan fingerprint density at radius 1 is 1.41 bits per heavy atom. The molecule has 0 radical (unpaired) electrons. The van der Waals surface area contributed by atoms with Crippen molar-refractivity contribution < 1.29 is 4.92 Å². The van der Waals surface area contributed by atoms with Gasteiger partial charge < -0.3 is 10.2 Å². The van der Waals surface area contributed by atoms with E-state index in [0.29, 0.717) is 11.4 Å². The molecule has 0 unspecified atom stereocenters. The SMILES string of the molecule is CCCN(CC)c1cccc(NC)c1[N+](=O)[O-]. The molecule has 0 saturated carbocycles. The molecule has 0 aromatic heterocycles. The smallest absolute Gasteiger partial charge is 0.315 e. The van der Waals surface area contributed by atoms with Crippen LogP contribution in [-0.4, -0.2) is 25.1 Å². The molecule has 5 heteroatoms. The van der Waals surface area contributed by atoms with Crippen LogP contribution in [0.25, 0.3) is 0 Å². The third-order valence-corrected chi connectivity index (χ3v) is 2.68. The third-order valence-electron chi connectivity index (χ3n) is 2.68. The van der Waals surface area contributed by atoms with Gasteiger partial charge in [-0.25, -0.2) is 0 Å². The quantitative estimate of drug-likeness (QED) is 0.610. The van der Waals surface area contributed by atoms with Gasteiger partial charge in [0.1, 0.15) is 11.4 Å². The van der Waals surface area contributed by atoms with Crippen LogP contribution in [-0.2, 0) is 0 Å². The molecule has 17 heavy (non-hydrogen) atoms. The van der Waals surface area contributed by atoms with Crippen LogP contribution in [0.3, 0.4) is 0 Å². The van der Waals surface area contributed by atoms with E-state index >= 15 is 0 Å². The monoisotopic (exact) mass is 237 g/mol. The fraction of sp³-hybridized carbons (Fsp3) is 0.500. The lowest BCUT2D eigenvalue weighted by Gasteiger charge is -2.22. The Hall–Kier alpha value is -1.78. The van der Waals surface area contributed by atoms with Crippen LogP contribution in [0.2, 0.25) is 0 Å². The van der Waals surface area contributed by atoms with E-state index < -0.39 is 0 Å². The summed E-state index contributed by atoms with van der Waals surface area (Å²) in [6.07, 6.45) is 0.967. The first-order valence-corrected chi connectivity index (χ1v) is 5.85. The van der Waals surface area contributed by atoms with Crippen molar-refractivity contribution >= 4 is 17.1 Å². The second-order valence-electron chi connectivity index (χ2n) is 3.76. The highest BCUT2D eigenvalue weighted by Gasteiger charge is 2.21. The molecule has 1 N–H and O–H groups in total. The van der Waals surface area contributed by atoms with Crippen LogP contribution < -0.4 is 10.2 Å². The van der Waals surface area contributed by atoms with Crippen molar-refractivity contribution in [3.63, 3.8) is 0 Å². The first kappa shape index (κ1) is 13.3. The molecular weight excluding hydrogens is 218 g/mol. The molecule has 0 fully saturated rings. The number of hydrogen-bond donors (Lipinski definition) is 1. The van der Waals surface area contributed by atoms with Crippen molar-refractivity contribution in [1.29, 1.82) is 0 Å². The van der Waals surface area contributed by atoms with Crippen LogP contribution in [0.4, 0.5) is 17.1 Å². The van der Waals surface area contributed by atoms with Gasteiger partial charge in [0.2, 0.25) is 0 Å². The van der Waals surface area contributed by atoms with E-state index in [1.165, 1.54) is 0 Å². The second-order valence-corrected chi connectivity index (χ2v) is 3.76. The Morgan fingerprint density at radius 2 is 2.12 bits per heavy atom. The molecule has 0 heterocycles. The Balaban J connectivity index is 3.25. The zero-order valence-corrected chi connectivity index (χ0v) is 10.6. The number of para-hydroxylation sites is 1. The number of benzene rings is 1. The maximum absolute atomic E-state index is 11.2. The molecule has 0 saturated heterocycles. The van der Waals surface area contributed by atoms with E-state index in [9.17, 15) is 10.1 Å². The molecule has 5 nitrogen and oxygen atoms in total. The van der Waals surface area contributed by atoms with Gasteiger partial charge in [-0.15, -0.1) is 0 Å². The summed E-state index contributed by atoms with van der Waals surface area (Å²) < 4.78 is 0. The van der Waals surface area contributed by atoms with Crippen molar-refractivity contribution in [2.45, 2.75) is 20.3 Å². The normalized spacial score (nSPS) is 10.1. The Bertz CT molecular complexity index is 393. The predicted molar refractivity (Wildman–Crippen MR) is 70.8 cm³/mol. The van der Waals surface area contributed by atoms with Crippen LogP contribution in [0.1, 0.15) is 20.3 Å². The summed E-state index contributed by atoms with van der Waals surface area (Å²) in [5.41, 5.74) is 1.40. The minimum atomic E-state index is -0.320. The lowest BCUT2D eigenvalue weighted by Crippen LogP contribution is -2.24. The summed E-state index contributed by atoms with van der Waals surface area (Å²) in [5, 5.41) is 14.0. The number of nitro benzene ring substituents is 1. The highest BCUT2D eigenvalue weighted by atomic mass is 16.6. The summed E-state index contributed by atoms with van der Waals surface area (Å²) in [4.78, 5) is 12.9. The Kier molecular flexibility index (Phi) is 4.75. The van der Waals surface area contributed by atoms with Crippen LogP contribution >= 0.6 is 0 Å². The fourth-order valence-corrected chi connectivity index (χ4v) is 1.90. The Morgan fingerprint density at radius 3 is 2.59 bits per heavy atom. The number of anilines is 2. The molecule has 0 aliphatic rings. The molecule has 94 valence electrons. The van der Waals surface area contributed by atoms with Gasteiger partial charge in [-0.3, -0.25) is 10.1 Å². The number of rotatable bonds is 6. The van der Waals surface area contributed by atoms with Crippen molar-refractivity contribution in [3.05, 3.63) is 28.3 Å². The summed E-state index contributed by atoms with van der Waals surface area (Å²) in [6.45, 7) is 5.66. The third kappa shape index (κ3) is 2.87. The van der Waals surface area contributed by atoms with E-state index in [1.54, 1.807) is 19.2 Å². The van der Waals surface area contributed by atoms with Crippen molar-refractivity contribution in [2.75, 3.05) is 30.4 Å². The van der Waals surface area contributed by atoms with Gasteiger partial charge in [-0.05, 0) is 25.5 Å². The molecule has 0 aliphatic heterocycles. The summed E-state index contributed by atoms with van der Waals surface area (Å²) >= 11 is 0. The zero-order chi connectivity index (χ0) is 12.8. The predicted octanol–water partition coefficient (Wildman–Crippen LogP) is 2.87. The van der Waals surface area contributed by atoms with E-state index in [2.05, 4.69) is 12.2 Å². The minimum absolute atomic E-state index is 0.158. The summed E-state index contributed by atoms with van der Waals surface area (Å²) in [5.74, 6) is 0. The first-order valence-electron chi connectivity index (χ1n) is 5.85. The second kappa shape index (κ2) is 6.08. The maximum Gasteiger partial charge on any atom is 0.315 e. The molecule has 0 atom stereocenters. The van der Waals surface area contributed by atoms with E-state index in [0.717, 1.165) is 19.5 Å². The van der Waals surface area contributed by atoms with E-state index in [-0.39, 0.29) is 10.6 Å². The van der Waals surface area contributed by atoms with Gasteiger partial charge in [-0.1, -0.05) is 13.0 Å². The number of nitrogens with zero attached hydrogens (tertiary/aromatic N) is 2. The molecule has 0 spiro atoms. The summed E-state index contributed by atoms with van der Waals surface area (Å²) in [7, 11) is 1.70. The van der Waals surface area contributed by atoms with Crippen molar-refractivity contribution in [2.24, 2.45) is 0 Å². The van der Waals surface area contributed by atoms with Gasteiger partial charge in [0, 0.05) is 20.1 Å². The van der Waals surface area contributed by atoms with E-state index in [1.807, 2.05) is 17.9 Å². The topological polar surface area (TPSA) is 58.4 Å². The Labute approximate surface area is 102 Å². The molecule has 1 rings (SSSR count). The van der Waals surface area contributed by atoms with Gasteiger partial charge >= 0.3 is 5.69 Å². The number of hydrogen-bond acceptors (Lipinski definition) is 4. The average molecular weight is 237 g/mol.